The van der Waals surface area contributed by atoms with Gasteiger partial charge in [0.15, 0.2) is 0 Å². The third-order valence-electron chi connectivity index (χ3n) is 2.03. The van der Waals surface area contributed by atoms with Crippen molar-refractivity contribution in [3.8, 4) is 0 Å². The average Bonchev–Trinajstić information content (AvgIpc) is 2.44. The Labute approximate surface area is 82.9 Å². The van der Waals surface area contributed by atoms with Crippen LogP contribution in [0.5, 0.6) is 0 Å². The minimum atomic E-state index is -0.0294. The van der Waals surface area contributed by atoms with Gasteiger partial charge in [-0.3, -0.25) is 9.48 Å². The summed E-state index contributed by atoms with van der Waals surface area (Å²) in [6, 6.07) is 0. The molecule has 2 rings (SSSR count). The van der Waals surface area contributed by atoms with Crippen molar-refractivity contribution in [1.82, 2.24) is 14.3 Å². The molecule has 13 heavy (non-hydrogen) atoms. The number of aromatic nitrogens is 3. The van der Waals surface area contributed by atoms with E-state index in [1.807, 2.05) is 0 Å². The Balaban J connectivity index is 3.10. The minimum absolute atomic E-state index is 0.0294. The van der Waals surface area contributed by atoms with Crippen molar-refractivity contribution in [2.24, 2.45) is 14.1 Å². The molecule has 0 aromatic carbocycles. The van der Waals surface area contributed by atoms with Gasteiger partial charge in [0.05, 0.1) is 6.20 Å². The number of aryl methyl sites for hydroxylation is 2. The predicted octanol–water partition coefficient (Wildman–Crippen LogP) is 1.03. The summed E-state index contributed by atoms with van der Waals surface area (Å²) in [7, 11) is 3.48. The largest absolute Gasteiger partial charge is 0.316 e. The molecule has 0 N–H and O–H groups in total. The highest BCUT2D eigenvalue weighted by Crippen LogP contribution is 2.19. The molecule has 0 fully saturated rings. The van der Waals surface area contributed by atoms with Gasteiger partial charge < -0.3 is 4.57 Å². The number of hydrogen-bond acceptors (Lipinski definition) is 2. The fourth-order valence-corrected chi connectivity index (χ4v) is 1.93. The molecule has 0 atom stereocenters. The van der Waals surface area contributed by atoms with Crippen molar-refractivity contribution < 1.29 is 0 Å². The molecule has 0 unspecified atom stereocenters. The summed E-state index contributed by atoms with van der Waals surface area (Å²) in [5, 5.41) is 4.88. The summed E-state index contributed by atoms with van der Waals surface area (Å²) in [6.07, 6.45) is 3.42. The summed E-state index contributed by atoms with van der Waals surface area (Å²) < 4.78 is 4.01. The zero-order valence-electron chi connectivity index (χ0n) is 7.28. The SMILES string of the molecule is Cn1cc(Br)c2cnn(C)c2c1=O. The molecule has 2 aromatic rings. The van der Waals surface area contributed by atoms with Crippen LogP contribution in [0.15, 0.2) is 21.7 Å². The van der Waals surface area contributed by atoms with Crippen LogP contribution in [-0.4, -0.2) is 14.3 Å². The van der Waals surface area contributed by atoms with Crippen LogP contribution >= 0.6 is 15.9 Å². The third kappa shape index (κ3) is 1.11. The van der Waals surface area contributed by atoms with Gasteiger partial charge in [0.2, 0.25) is 0 Å². The van der Waals surface area contributed by atoms with E-state index in [4.69, 9.17) is 0 Å². The Hall–Kier alpha value is -1.10. The molecule has 0 bridgehead atoms. The summed E-state index contributed by atoms with van der Waals surface area (Å²) in [6.45, 7) is 0. The molecule has 0 saturated carbocycles. The maximum atomic E-state index is 11.6. The molecular weight excluding hydrogens is 234 g/mol. The average molecular weight is 242 g/mol. The van der Waals surface area contributed by atoms with Gasteiger partial charge in [0.1, 0.15) is 5.52 Å². The number of nitrogens with zero attached hydrogens (tertiary/aromatic N) is 3. The number of halogens is 1. The zero-order valence-corrected chi connectivity index (χ0v) is 8.87. The van der Waals surface area contributed by atoms with E-state index in [2.05, 4.69) is 21.0 Å². The lowest BCUT2D eigenvalue weighted by atomic mass is 10.3. The van der Waals surface area contributed by atoms with E-state index < -0.39 is 0 Å². The van der Waals surface area contributed by atoms with Crippen LogP contribution in [0.1, 0.15) is 0 Å². The maximum Gasteiger partial charge on any atom is 0.276 e. The molecule has 0 spiro atoms. The Morgan fingerprint density at radius 1 is 1.46 bits per heavy atom. The van der Waals surface area contributed by atoms with Gasteiger partial charge in [0, 0.05) is 30.2 Å². The van der Waals surface area contributed by atoms with Gasteiger partial charge in [-0.1, -0.05) is 0 Å². The van der Waals surface area contributed by atoms with Gasteiger partial charge in [-0.25, -0.2) is 0 Å². The first kappa shape index (κ1) is 8.50. The molecule has 2 aromatic heterocycles. The molecule has 0 radical (unpaired) electrons. The van der Waals surface area contributed by atoms with E-state index in [1.54, 1.807) is 31.2 Å². The molecule has 0 saturated heterocycles. The van der Waals surface area contributed by atoms with Crippen molar-refractivity contribution in [1.29, 1.82) is 0 Å². The molecule has 2 heterocycles. The molecule has 0 aliphatic rings. The normalized spacial score (nSPS) is 11.0. The standard InChI is InChI=1S/C8H8BrN3O/c1-11-4-6(9)5-3-10-12(2)7(5)8(11)13/h3-4H,1-2H3. The molecule has 5 heteroatoms. The van der Waals surface area contributed by atoms with Crippen LogP contribution in [0.25, 0.3) is 10.9 Å². The van der Waals surface area contributed by atoms with Crippen molar-refractivity contribution in [3.63, 3.8) is 0 Å². The Morgan fingerprint density at radius 3 is 2.85 bits per heavy atom. The van der Waals surface area contributed by atoms with E-state index in [0.717, 1.165) is 9.86 Å². The Bertz CT molecular complexity index is 526. The molecule has 68 valence electrons. The zero-order chi connectivity index (χ0) is 9.59. The van der Waals surface area contributed by atoms with E-state index in [0.29, 0.717) is 5.52 Å². The predicted molar refractivity (Wildman–Crippen MR) is 53.7 cm³/mol. The molecule has 0 amide bonds. The molecule has 0 aliphatic carbocycles. The van der Waals surface area contributed by atoms with Gasteiger partial charge in [0.25, 0.3) is 5.56 Å². The van der Waals surface area contributed by atoms with Crippen LogP contribution in [0.3, 0.4) is 0 Å². The van der Waals surface area contributed by atoms with Crippen molar-refractivity contribution >= 4 is 26.8 Å². The van der Waals surface area contributed by atoms with Crippen LogP contribution in [0.4, 0.5) is 0 Å². The maximum absolute atomic E-state index is 11.6. The van der Waals surface area contributed by atoms with E-state index >= 15 is 0 Å². The first-order valence-electron chi connectivity index (χ1n) is 3.78. The van der Waals surface area contributed by atoms with E-state index in [-0.39, 0.29) is 5.56 Å². The van der Waals surface area contributed by atoms with Crippen molar-refractivity contribution in [2.45, 2.75) is 0 Å². The third-order valence-corrected chi connectivity index (χ3v) is 2.66. The van der Waals surface area contributed by atoms with Crippen molar-refractivity contribution in [2.75, 3.05) is 0 Å². The quantitative estimate of drug-likeness (QED) is 0.692. The first-order valence-corrected chi connectivity index (χ1v) is 4.57. The fraction of sp³-hybridized carbons (Fsp3) is 0.250. The van der Waals surface area contributed by atoms with E-state index in [1.165, 1.54) is 4.57 Å². The number of pyridine rings is 1. The highest BCUT2D eigenvalue weighted by Gasteiger charge is 2.08. The second-order valence-corrected chi connectivity index (χ2v) is 3.78. The Kier molecular flexibility index (Phi) is 1.76. The van der Waals surface area contributed by atoms with Gasteiger partial charge in [-0.05, 0) is 15.9 Å². The summed E-state index contributed by atoms with van der Waals surface area (Å²) in [5.74, 6) is 0. The minimum Gasteiger partial charge on any atom is -0.316 e. The van der Waals surface area contributed by atoms with Crippen molar-refractivity contribution in [3.05, 3.63) is 27.2 Å². The molecule has 4 nitrogen and oxygen atoms in total. The second kappa shape index (κ2) is 2.70. The fourth-order valence-electron chi connectivity index (χ4n) is 1.33. The number of rotatable bonds is 0. The molecule has 0 aliphatic heterocycles. The lowest BCUT2D eigenvalue weighted by molar-refractivity contribution is 0.778. The lowest BCUT2D eigenvalue weighted by Gasteiger charge is -2.00. The second-order valence-electron chi connectivity index (χ2n) is 2.92. The van der Waals surface area contributed by atoms with Gasteiger partial charge in [-0.15, -0.1) is 0 Å². The first-order chi connectivity index (χ1) is 6.11. The summed E-state index contributed by atoms with van der Waals surface area (Å²) in [5.41, 5.74) is 0.593. The highest BCUT2D eigenvalue weighted by atomic mass is 79.9. The molecular formula is C8H8BrN3O. The van der Waals surface area contributed by atoms with Crippen LogP contribution < -0.4 is 5.56 Å². The van der Waals surface area contributed by atoms with Crippen LogP contribution in [0.2, 0.25) is 0 Å². The van der Waals surface area contributed by atoms with Crippen LogP contribution in [0, 0.1) is 0 Å². The number of fused-ring (bicyclic) bond motifs is 1. The summed E-state index contributed by atoms with van der Waals surface area (Å²) in [4.78, 5) is 11.6. The monoisotopic (exact) mass is 241 g/mol. The van der Waals surface area contributed by atoms with Crippen LogP contribution in [-0.2, 0) is 14.1 Å². The smallest absolute Gasteiger partial charge is 0.276 e. The van der Waals surface area contributed by atoms with Gasteiger partial charge >= 0.3 is 0 Å². The topological polar surface area (TPSA) is 39.8 Å². The van der Waals surface area contributed by atoms with E-state index in [9.17, 15) is 4.79 Å². The van der Waals surface area contributed by atoms with Gasteiger partial charge in [-0.2, -0.15) is 5.10 Å². The highest BCUT2D eigenvalue weighted by molar-refractivity contribution is 9.10. The Morgan fingerprint density at radius 2 is 2.15 bits per heavy atom. The summed E-state index contributed by atoms with van der Waals surface area (Å²) >= 11 is 3.38. The lowest BCUT2D eigenvalue weighted by Crippen LogP contribution is -2.18. The number of hydrogen-bond donors (Lipinski definition) is 0.